The van der Waals surface area contributed by atoms with Gasteiger partial charge in [-0.3, -0.25) is 13.9 Å². The van der Waals surface area contributed by atoms with Crippen LogP contribution < -0.4 is 4.31 Å². The number of benzene rings is 3. The SMILES string of the molecule is CCC(CN(c1ccccc1)S(=O)(=O)C1CC1)N1C(=O)[C@H](CC(=O)O)O[C@H](c2cccc(Cl)c2)[C@H]1c1ccc(Cl)cc1. The lowest BCUT2D eigenvalue weighted by Gasteiger charge is -2.48. The van der Waals surface area contributed by atoms with Gasteiger partial charge < -0.3 is 14.7 Å². The Morgan fingerprint density at radius 2 is 1.69 bits per heavy atom. The fourth-order valence-electron chi connectivity index (χ4n) is 5.50. The number of nitrogens with zero attached hydrogens (tertiary/aromatic N) is 2. The fourth-order valence-corrected chi connectivity index (χ4v) is 7.71. The largest absolute Gasteiger partial charge is 0.481 e. The van der Waals surface area contributed by atoms with Crippen molar-refractivity contribution in [3.63, 3.8) is 0 Å². The number of rotatable bonds is 11. The van der Waals surface area contributed by atoms with Gasteiger partial charge in [0, 0.05) is 10.0 Å². The molecule has 1 unspecified atom stereocenters. The molecule has 4 atom stereocenters. The van der Waals surface area contributed by atoms with E-state index < -0.39 is 57.9 Å². The van der Waals surface area contributed by atoms with E-state index in [1.807, 2.05) is 19.1 Å². The van der Waals surface area contributed by atoms with E-state index in [1.165, 1.54) is 4.31 Å². The number of hydrogen-bond acceptors (Lipinski definition) is 5. The normalized spacial score (nSPS) is 21.6. The number of para-hydroxylation sites is 1. The van der Waals surface area contributed by atoms with Crippen LogP contribution >= 0.6 is 23.2 Å². The number of carbonyl (C=O) groups is 2. The summed E-state index contributed by atoms with van der Waals surface area (Å²) in [6.07, 6.45) is -1.03. The fraction of sp³-hybridized carbons (Fsp3) is 0.355. The molecule has 1 N–H and O–H groups in total. The second-order valence-electron chi connectivity index (χ2n) is 10.6. The maximum Gasteiger partial charge on any atom is 0.306 e. The highest BCUT2D eigenvalue weighted by Gasteiger charge is 2.49. The molecule has 1 amide bonds. The Bertz CT molecular complexity index is 1530. The zero-order valence-corrected chi connectivity index (χ0v) is 25.3. The van der Waals surface area contributed by atoms with Gasteiger partial charge in [0.2, 0.25) is 10.0 Å². The molecular formula is C31H32Cl2N2O6S. The number of carboxylic acid groups (broad SMARTS) is 1. The Morgan fingerprint density at radius 1 is 1.00 bits per heavy atom. The number of carboxylic acids is 1. The van der Waals surface area contributed by atoms with E-state index in [0.717, 1.165) is 0 Å². The summed E-state index contributed by atoms with van der Waals surface area (Å²) in [5, 5.41) is 10.2. The van der Waals surface area contributed by atoms with Gasteiger partial charge in [0.25, 0.3) is 5.91 Å². The second-order valence-corrected chi connectivity index (χ2v) is 13.6. The maximum absolute atomic E-state index is 14.2. The van der Waals surface area contributed by atoms with E-state index in [2.05, 4.69) is 0 Å². The number of carbonyl (C=O) groups excluding carboxylic acids is 1. The molecule has 42 heavy (non-hydrogen) atoms. The molecule has 1 saturated carbocycles. The summed E-state index contributed by atoms with van der Waals surface area (Å²) in [4.78, 5) is 27.7. The number of sulfonamides is 1. The minimum atomic E-state index is -3.70. The lowest BCUT2D eigenvalue weighted by Crippen LogP contribution is -2.58. The van der Waals surface area contributed by atoms with Gasteiger partial charge in [0.15, 0.2) is 0 Å². The van der Waals surface area contributed by atoms with Gasteiger partial charge in [0.1, 0.15) is 12.2 Å². The van der Waals surface area contributed by atoms with Crippen molar-refractivity contribution in [2.45, 2.75) is 62.1 Å². The molecule has 11 heteroatoms. The smallest absolute Gasteiger partial charge is 0.306 e. The Labute approximate surface area is 255 Å². The maximum atomic E-state index is 14.2. The third-order valence-electron chi connectivity index (χ3n) is 7.71. The summed E-state index contributed by atoms with van der Waals surface area (Å²) in [6.45, 7) is 1.89. The summed E-state index contributed by atoms with van der Waals surface area (Å²) >= 11 is 12.6. The van der Waals surface area contributed by atoms with E-state index in [0.29, 0.717) is 46.1 Å². The summed E-state index contributed by atoms with van der Waals surface area (Å²) in [7, 11) is -3.70. The van der Waals surface area contributed by atoms with Crippen LogP contribution in [-0.2, 0) is 24.3 Å². The first-order chi connectivity index (χ1) is 20.1. The van der Waals surface area contributed by atoms with Crippen LogP contribution in [0.4, 0.5) is 5.69 Å². The van der Waals surface area contributed by atoms with Crippen molar-refractivity contribution in [2.75, 3.05) is 10.8 Å². The van der Waals surface area contributed by atoms with Crippen LogP contribution in [0.15, 0.2) is 78.9 Å². The lowest BCUT2D eigenvalue weighted by atomic mass is 9.89. The Morgan fingerprint density at radius 3 is 2.29 bits per heavy atom. The number of ether oxygens (including phenoxy) is 1. The van der Waals surface area contributed by atoms with Crippen LogP contribution in [0.2, 0.25) is 10.0 Å². The van der Waals surface area contributed by atoms with Gasteiger partial charge in [-0.2, -0.15) is 0 Å². The zero-order valence-electron chi connectivity index (χ0n) is 23.0. The summed E-state index contributed by atoms with van der Waals surface area (Å²) < 4.78 is 35.1. The number of hydrogen-bond donors (Lipinski definition) is 1. The van der Waals surface area contributed by atoms with Crippen LogP contribution in [0.3, 0.4) is 0 Å². The van der Waals surface area contributed by atoms with Crippen molar-refractivity contribution in [1.82, 2.24) is 4.90 Å². The minimum absolute atomic E-state index is 0.00274. The molecule has 0 aromatic heterocycles. The Balaban J connectivity index is 1.64. The molecule has 1 aliphatic heterocycles. The molecular weight excluding hydrogens is 599 g/mol. The highest BCUT2D eigenvalue weighted by molar-refractivity contribution is 7.93. The predicted molar refractivity (Wildman–Crippen MR) is 162 cm³/mol. The van der Waals surface area contributed by atoms with E-state index in [-0.39, 0.29) is 6.54 Å². The molecule has 5 rings (SSSR count). The average Bonchev–Trinajstić information content (AvgIpc) is 3.82. The van der Waals surface area contributed by atoms with Crippen molar-refractivity contribution in [3.05, 3.63) is 100 Å². The molecule has 3 aromatic rings. The number of halogens is 2. The summed E-state index contributed by atoms with van der Waals surface area (Å²) in [5.74, 6) is -1.70. The third-order valence-corrected chi connectivity index (χ3v) is 10.5. The van der Waals surface area contributed by atoms with Gasteiger partial charge in [-0.05, 0) is 66.8 Å². The Kier molecular flexibility index (Phi) is 9.13. The molecule has 222 valence electrons. The van der Waals surface area contributed by atoms with E-state index >= 15 is 0 Å². The van der Waals surface area contributed by atoms with Crippen molar-refractivity contribution < 1.29 is 27.9 Å². The van der Waals surface area contributed by atoms with Crippen LogP contribution in [0.1, 0.15) is 55.9 Å². The van der Waals surface area contributed by atoms with Crippen molar-refractivity contribution in [3.8, 4) is 0 Å². The molecule has 0 spiro atoms. The average molecular weight is 632 g/mol. The highest BCUT2D eigenvalue weighted by Crippen LogP contribution is 2.45. The molecule has 2 aliphatic rings. The van der Waals surface area contributed by atoms with Crippen LogP contribution in [0, 0.1) is 0 Å². The number of morpholine rings is 1. The monoisotopic (exact) mass is 630 g/mol. The van der Waals surface area contributed by atoms with Gasteiger partial charge in [-0.1, -0.05) is 72.6 Å². The van der Waals surface area contributed by atoms with Crippen molar-refractivity contribution in [1.29, 1.82) is 0 Å². The molecule has 0 radical (unpaired) electrons. The molecule has 0 bridgehead atoms. The third kappa shape index (κ3) is 6.44. The van der Waals surface area contributed by atoms with Crippen molar-refractivity contribution >= 4 is 50.8 Å². The van der Waals surface area contributed by atoms with E-state index in [4.69, 9.17) is 27.9 Å². The zero-order chi connectivity index (χ0) is 30.0. The molecule has 1 saturated heterocycles. The van der Waals surface area contributed by atoms with Gasteiger partial charge in [-0.25, -0.2) is 8.42 Å². The molecule has 3 aromatic carbocycles. The number of anilines is 1. The quantitative estimate of drug-likeness (QED) is 0.268. The number of amides is 1. The second kappa shape index (κ2) is 12.6. The first kappa shape index (κ1) is 30.4. The number of aliphatic carboxylic acids is 1. The predicted octanol–water partition coefficient (Wildman–Crippen LogP) is 6.26. The van der Waals surface area contributed by atoms with Crippen LogP contribution in [0.5, 0.6) is 0 Å². The first-order valence-corrected chi connectivity index (χ1v) is 16.1. The molecule has 2 fully saturated rings. The molecule has 1 heterocycles. The first-order valence-electron chi connectivity index (χ1n) is 13.9. The molecule has 1 aliphatic carbocycles. The minimum Gasteiger partial charge on any atom is -0.481 e. The van der Waals surface area contributed by atoms with Crippen molar-refractivity contribution in [2.24, 2.45) is 0 Å². The van der Waals surface area contributed by atoms with Crippen LogP contribution in [0.25, 0.3) is 0 Å². The topological polar surface area (TPSA) is 104 Å². The van der Waals surface area contributed by atoms with E-state index in [1.54, 1.807) is 71.6 Å². The van der Waals surface area contributed by atoms with E-state index in [9.17, 15) is 23.1 Å². The summed E-state index contributed by atoms with van der Waals surface area (Å²) in [6, 6.07) is 21.6. The van der Waals surface area contributed by atoms with Gasteiger partial charge >= 0.3 is 5.97 Å². The van der Waals surface area contributed by atoms with Crippen LogP contribution in [-0.4, -0.2) is 54.2 Å². The highest BCUT2D eigenvalue weighted by atomic mass is 35.5. The van der Waals surface area contributed by atoms with Gasteiger partial charge in [-0.15, -0.1) is 0 Å². The lowest BCUT2D eigenvalue weighted by molar-refractivity contribution is -0.183. The summed E-state index contributed by atoms with van der Waals surface area (Å²) in [5.41, 5.74) is 1.89. The standard InChI is InChI=1S/C31H32Cl2N2O6S/c1-2-24(19-34(25-9-4-3-5-10-25)42(39,40)26-15-16-26)35-29(20-11-13-22(32)14-12-20)30(21-7-6-8-23(33)17-21)41-27(31(35)38)18-28(36)37/h3-14,17,24,26-27,29-30H,2,15-16,18-19H2,1H3,(H,36,37)/t24?,27-,29+,30+/m0/s1. The van der Waals surface area contributed by atoms with Gasteiger partial charge in [0.05, 0.1) is 36.0 Å². The Hall–Kier alpha value is -3.11. The molecule has 8 nitrogen and oxygen atoms in total.